The Kier molecular flexibility index (Phi) is 26.9. The van der Waals surface area contributed by atoms with E-state index in [9.17, 15) is 63.2 Å². The number of methoxy groups -OCH3 is 1. The van der Waals surface area contributed by atoms with Gasteiger partial charge < -0.3 is 63.1 Å². The second kappa shape index (κ2) is 32.9. The standard InChI is InChI=1S/C61H81FN6O14/c1-6-40-29-46(81-5)24-25-47(40)41-20-16-39(17-21-41)28-43(58(78)66-49(57(65)77)15-11-12-38-18-22-45(23-19-38)82-27-10-9-26-63)30-51(72)50(32-54(75)76)67-59(79)44(35-69)31-52(73)56(37(3)71)68-60(80)61(4,34-53(74)55(64)36(2)70)33-42-13-7-8-14-48(42)62/h7-8,13-14,16-25,29,36-37,43-44,49-50,55-56,69-71H,6,9-12,15,26-28,30-35,63-64H2,1-5H3,(H2,65,77)(H,66,78)(H,67,79)(H,68,80)(H,75,76)/t36-,37-,43-,44+,49+,50+,55+,56+,61-/m1/s1. The van der Waals surface area contributed by atoms with Gasteiger partial charge in [0, 0.05) is 25.2 Å². The number of hydrogen-bond acceptors (Lipinski definition) is 15. The Balaban J connectivity index is 1.57. The van der Waals surface area contributed by atoms with Crippen molar-refractivity contribution < 1.29 is 72.6 Å². The molecule has 0 fully saturated rings. The van der Waals surface area contributed by atoms with Crippen LogP contribution in [-0.2, 0) is 64.0 Å². The lowest BCUT2D eigenvalue weighted by atomic mass is 9.76. The van der Waals surface area contributed by atoms with E-state index in [2.05, 4.69) is 16.0 Å². The van der Waals surface area contributed by atoms with E-state index in [0.29, 0.717) is 49.5 Å². The zero-order valence-corrected chi connectivity index (χ0v) is 47.4. The maximum Gasteiger partial charge on any atom is 0.305 e. The van der Waals surface area contributed by atoms with Crippen LogP contribution in [0.3, 0.4) is 0 Å². The molecular weight excluding hydrogens is 1060 g/mol. The Morgan fingerprint density at radius 1 is 0.720 bits per heavy atom. The summed E-state index contributed by atoms with van der Waals surface area (Å²) in [7, 11) is 1.58. The lowest BCUT2D eigenvalue weighted by Crippen LogP contribution is -2.55. The third-order valence-electron chi connectivity index (χ3n) is 14.4. The van der Waals surface area contributed by atoms with Crippen LogP contribution in [0.5, 0.6) is 11.5 Å². The first-order valence-electron chi connectivity index (χ1n) is 27.6. The summed E-state index contributed by atoms with van der Waals surface area (Å²) in [6.07, 6.45) is -3.18. The second-order valence-corrected chi connectivity index (χ2v) is 21.1. The molecule has 4 amide bonds. The van der Waals surface area contributed by atoms with E-state index in [1.165, 1.54) is 32.0 Å². The van der Waals surface area contributed by atoms with Crippen LogP contribution in [-0.4, -0.2) is 131 Å². The van der Waals surface area contributed by atoms with Crippen molar-refractivity contribution in [3.8, 4) is 22.6 Å². The van der Waals surface area contributed by atoms with Gasteiger partial charge in [0.05, 0.1) is 62.4 Å². The molecule has 0 aliphatic rings. The van der Waals surface area contributed by atoms with Gasteiger partial charge in [0.25, 0.3) is 0 Å². The molecule has 82 heavy (non-hydrogen) atoms. The number of ketones is 3. The lowest BCUT2D eigenvalue weighted by molar-refractivity contribution is -0.142. The number of carbonyl (C=O) groups excluding carboxylic acids is 7. The summed E-state index contributed by atoms with van der Waals surface area (Å²) < 4.78 is 26.1. The third-order valence-corrected chi connectivity index (χ3v) is 14.4. The Morgan fingerprint density at radius 2 is 1.34 bits per heavy atom. The van der Waals surface area contributed by atoms with Gasteiger partial charge in [-0.2, -0.15) is 0 Å². The molecule has 4 aromatic carbocycles. The number of aliphatic hydroxyl groups excluding tert-OH is 3. The molecule has 20 nitrogen and oxygen atoms in total. The summed E-state index contributed by atoms with van der Waals surface area (Å²) in [5, 5.41) is 48.7. The number of aliphatic carboxylic acids is 1. The fraction of sp³-hybridized carbons (Fsp3) is 0.475. The molecule has 0 unspecified atom stereocenters. The van der Waals surface area contributed by atoms with Gasteiger partial charge in [-0.3, -0.25) is 38.4 Å². The Hall–Kier alpha value is -7.43. The summed E-state index contributed by atoms with van der Waals surface area (Å²) in [6.45, 7) is 5.80. The van der Waals surface area contributed by atoms with Crippen molar-refractivity contribution in [1.82, 2.24) is 16.0 Å². The van der Waals surface area contributed by atoms with Crippen molar-refractivity contribution in [2.45, 2.75) is 141 Å². The monoisotopic (exact) mass is 1140 g/mol. The number of carboxylic acids is 1. The number of halogens is 1. The van der Waals surface area contributed by atoms with E-state index in [1.54, 1.807) is 19.2 Å². The van der Waals surface area contributed by atoms with Crippen LogP contribution in [0.4, 0.5) is 4.39 Å². The molecule has 0 aromatic heterocycles. The van der Waals surface area contributed by atoms with Gasteiger partial charge in [0.1, 0.15) is 29.4 Å². The van der Waals surface area contributed by atoms with Gasteiger partial charge in [-0.05, 0) is 135 Å². The molecule has 0 bridgehead atoms. The number of nitrogens with one attached hydrogen (secondary N) is 3. The molecule has 13 N–H and O–H groups in total. The van der Waals surface area contributed by atoms with Crippen LogP contribution in [0.2, 0.25) is 0 Å². The molecule has 0 aliphatic heterocycles. The molecule has 0 saturated carbocycles. The summed E-state index contributed by atoms with van der Waals surface area (Å²) in [5.41, 5.74) is 19.8. The maximum atomic E-state index is 14.9. The lowest BCUT2D eigenvalue weighted by Gasteiger charge is -2.32. The number of Topliss-reactive ketones (excluding diaryl/α,β-unsaturated/α-hetero) is 3. The molecule has 21 heteroatoms. The van der Waals surface area contributed by atoms with E-state index < -0.39 is 139 Å². The minimum absolute atomic E-state index is 0.0260. The van der Waals surface area contributed by atoms with Crippen molar-refractivity contribution in [1.29, 1.82) is 0 Å². The number of primary amides is 1. The molecular formula is C61H81FN6O14. The molecule has 0 aliphatic carbocycles. The number of ether oxygens (including phenoxy) is 2. The minimum Gasteiger partial charge on any atom is -0.497 e. The largest absolute Gasteiger partial charge is 0.497 e. The van der Waals surface area contributed by atoms with Crippen LogP contribution < -0.4 is 42.6 Å². The van der Waals surface area contributed by atoms with Crippen LogP contribution in [0, 0.1) is 23.1 Å². The maximum absolute atomic E-state index is 14.9. The molecule has 4 aromatic rings. The first kappa shape index (κ1) is 67.1. The van der Waals surface area contributed by atoms with Gasteiger partial charge >= 0.3 is 5.97 Å². The highest BCUT2D eigenvalue weighted by molar-refractivity contribution is 5.99. The zero-order valence-electron chi connectivity index (χ0n) is 47.4. The highest BCUT2D eigenvalue weighted by atomic mass is 19.1. The summed E-state index contributed by atoms with van der Waals surface area (Å²) in [5.74, 6) is -10.2. The molecule has 0 radical (unpaired) electrons. The number of rotatable bonds is 37. The Labute approximate surface area is 478 Å². The van der Waals surface area contributed by atoms with E-state index in [1.807, 2.05) is 61.5 Å². The van der Waals surface area contributed by atoms with Crippen LogP contribution in [0.15, 0.2) is 91.0 Å². The van der Waals surface area contributed by atoms with Crippen LogP contribution in [0.25, 0.3) is 11.1 Å². The number of aliphatic hydroxyl groups is 3. The molecule has 0 saturated heterocycles. The first-order valence-corrected chi connectivity index (χ1v) is 27.6. The molecule has 446 valence electrons. The fourth-order valence-electron chi connectivity index (χ4n) is 9.45. The number of amides is 4. The fourth-order valence-corrected chi connectivity index (χ4v) is 9.45. The van der Waals surface area contributed by atoms with E-state index >= 15 is 0 Å². The summed E-state index contributed by atoms with van der Waals surface area (Å²) in [4.78, 5) is 109. The van der Waals surface area contributed by atoms with Gasteiger partial charge in [0.15, 0.2) is 17.3 Å². The van der Waals surface area contributed by atoms with Gasteiger partial charge in [-0.1, -0.05) is 74.5 Å². The van der Waals surface area contributed by atoms with E-state index in [4.69, 9.17) is 26.7 Å². The van der Waals surface area contributed by atoms with Crippen LogP contribution >= 0.6 is 0 Å². The highest BCUT2D eigenvalue weighted by Crippen LogP contribution is 2.32. The SMILES string of the molecule is CCc1cc(OC)ccc1-c1ccc(C[C@H](CC(=O)[C@H](CC(=O)O)NC(=O)[C@H](CO)CC(=O)[C@@H](NC(=O)[C@@](C)(CC(=O)[C@@H](N)[C@@H](C)O)Cc2ccccc2F)[C@@H](C)O)C(=O)N[C@@H](CCCc2ccc(OCCCCN)cc2)C(N)=O)cc1. The summed E-state index contributed by atoms with van der Waals surface area (Å²) >= 11 is 0. The number of nitrogens with two attached hydrogens (primary N) is 3. The molecule has 9 atom stereocenters. The molecule has 4 rings (SSSR count). The topological polar surface area (TPSA) is 350 Å². The van der Waals surface area contributed by atoms with Crippen molar-refractivity contribution >= 4 is 46.9 Å². The average Bonchev–Trinajstić information content (AvgIpc) is 3.59. The quantitative estimate of drug-likeness (QED) is 0.0288. The average molecular weight is 1140 g/mol. The number of benzene rings is 4. The Morgan fingerprint density at radius 3 is 1.93 bits per heavy atom. The smallest absolute Gasteiger partial charge is 0.305 e. The van der Waals surface area contributed by atoms with Crippen molar-refractivity contribution in [3.05, 3.63) is 119 Å². The predicted octanol–water partition coefficient (Wildman–Crippen LogP) is 3.60. The number of unbranched alkanes of at least 4 members (excludes halogenated alkanes) is 1. The zero-order chi connectivity index (χ0) is 60.7. The number of carbonyl (C=O) groups is 8. The normalized spacial score (nSPS) is 15.0. The molecule has 0 spiro atoms. The summed E-state index contributed by atoms with van der Waals surface area (Å²) in [6, 6.07) is 19.6. The van der Waals surface area contributed by atoms with Crippen LogP contribution in [0.1, 0.15) is 101 Å². The Bertz CT molecular complexity index is 2790. The third kappa shape index (κ3) is 20.5. The van der Waals surface area contributed by atoms with Gasteiger partial charge in [-0.15, -0.1) is 0 Å². The van der Waals surface area contributed by atoms with Crippen molar-refractivity contribution in [2.75, 3.05) is 26.9 Å². The van der Waals surface area contributed by atoms with E-state index in [0.717, 1.165) is 48.1 Å². The number of carboxylic acid groups (broad SMARTS) is 1. The predicted molar refractivity (Wildman–Crippen MR) is 304 cm³/mol. The first-order chi connectivity index (χ1) is 38.9. The van der Waals surface area contributed by atoms with Crippen molar-refractivity contribution in [2.24, 2.45) is 34.5 Å². The highest BCUT2D eigenvalue weighted by Gasteiger charge is 2.42. The van der Waals surface area contributed by atoms with Crippen molar-refractivity contribution in [3.63, 3.8) is 0 Å². The van der Waals surface area contributed by atoms with E-state index in [-0.39, 0.29) is 24.8 Å². The number of hydrogen-bond donors (Lipinski definition) is 10. The van der Waals surface area contributed by atoms with Gasteiger partial charge in [0.2, 0.25) is 23.6 Å². The second-order valence-electron chi connectivity index (χ2n) is 21.1. The van der Waals surface area contributed by atoms with Gasteiger partial charge in [-0.25, -0.2) is 4.39 Å². The number of aryl methyl sites for hydroxylation is 2. The minimum atomic E-state index is -1.82. The molecule has 0 heterocycles.